The molecule has 166 valence electrons. The molecule has 10 heteroatoms. The van der Waals surface area contributed by atoms with Gasteiger partial charge in [-0.3, -0.25) is 18.9 Å². The maximum atomic E-state index is 12.5. The largest absolute Gasteiger partial charge is 0.385 e. The number of H-pyrrole nitrogens is 1. The van der Waals surface area contributed by atoms with Crippen LogP contribution in [0.5, 0.6) is 0 Å². The Balaban J connectivity index is 2.08. The third kappa shape index (κ3) is 4.56. The van der Waals surface area contributed by atoms with Crippen molar-refractivity contribution < 1.29 is 18.6 Å². The van der Waals surface area contributed by atoms with E-state index in [1.54, 1.807) is 0 Å². The molecule has 0 bridgehead atoms. The Morgan fingerprint density at radius 1 is 1.20 bits per heavy atom. The van der Waals surface area contributed by atoms with Crippen LogP contribution in [0, 0.1) is 17.4 Å². The quantitative estimate of drug-likeness (QED) is 0.430. The van der Waals surface area contributed by atoms with E-state index in [1.165, 1.54) is 16.8 Å². The van der Waals surface area contributed by atoms with Gasteiger partial charge in [0.25, 0.3) is 5.56 Å². The van der Waals surface area contributed by atoms with E-state index in [0.717, 1.165) is 0 Å². The average Bonchev–Trinajstić information content (AvgIpc) is 2.82. The van der Waals surface area contributed by atoms with Crippen LogP contribution in [0.15, 0.2) is 21.9 Å². The molecule has 0 radical (unpaired) electrons. The molecule has 2 fully saturated rings. The molecule has 2 aliphatic rings. The predicted molar refractivity (Wildman–Crippen MR) is 118 cm³/mol. The van der Waals surface area contributed by atoms with Gasteiger partial charge in [0.2, 0.25) is 0 Å². The van der Waals surface area contributed by atoms with E-state index in [4.69, 9.17) is 18.6 Å². The summed E-state index contributed by atoms with van der Waals surface area (Å²) in [6, 6.07) is 1.31. The lowest BCUT2D eigenvalue weighted by atomic mass is 10.0. The molecule has 30 heavy (non-hydrogen) atoms. The number of hydrogen-bond acceptors (Lipinski definition) is 6. The molecule has 4 atom stereocenters. The highest BCUT2D eigenvalue weighted by molar-refractivity contribution is 6.83. The zero-order chi connectivity index (χ0) is 22.3. The van der Waals surface area contributed by atoms with Crippen LogP contribution in [0.1, 0.15) is 33.9 Å². The van der Waals surface area contributed by atoms with Crippen LogP contribution in [-0.2, 0) is 18.6 Å². The Labute approximate surface area is 179 Å². The van der Waals surface area contributed by atoms with Gasteiger partial charge in [-0.05, 0) is 11.1 Å². The summed E-state index contributed by atoms with van der Waals surface area (Å²) in [4.78, 5) is 31.9. The summed E-state index contributed by atoms with van der Waals surface area (Å²) in [5, 5.41) is 0. The van der Waals surface area contributed by atoms with Gasteiger partial charge in [0.05, 0.1) is 12.0 Å². The van der Waals surface area contributed by atoms with E-state index >= 15 is 0 Å². The molecule has 3 heterocycles. The van der Waals surface area contributed by atoms with Crippen LogP contribution in [0.4, 0.5) is 0 Å². The minimum absolute atomic E-state index is 0.150. The zero-order valence-electron chi connectivity index (χ0n) is 18.7. The molecular formula is C20H32N2O6Si2. The number of rotatable bonds is 3. The fourth-order valence-electron chi connectivity index (χ4n) is 3.89. The average molecular weight is 453 g/mol. The van der Waals surface area contributed by atoms with Crippen LogP contribution >= 0.6 is 0 Å². The van der Waals surface area contributed by atoms with Crippen molar-refractivity contribution in [2.45, 2.75) is 76.9 Å². The van der Waals surface area contributed by atoms with Crippen molar-refractivity contribution in [3.05, 3.63) is 33.1 Å². The molecule has 0 saturated carbocycles. The van der Waals surface area contributed by atoms with Gasteiger partial charge in [-0.1, -0.05) is 53.3 Å². The number of ether oxygens (including phenoxy) is 1. The SMILES string of the molecule is CC(C)[Si]1(C(C)C)OOC[C@H]2O[C@@H](n3ccc(=O)[nH]c3=O)[C@@H](C#C[Si](C)(C)C)[C@@H]2O1. The summed E-state index contributed by atoms with van der Waals surface area (Å²) in [6.45, 7) is 15.0. The lowest BCUT2D eigenvalue weighted by Crippen LogP contribution is -2.51. The number of hydrogen-bond donors (Lipinski definition) is 1. The minimum atomic E-state index is -2.75. The first kappa shape index (κ1) is 23.2. The molecule has 3 rings (SSSR count). The fraction of sp³-hybridized carbons (Fsp3) is 0.700. The van der Waals surface area contributed by atoms with Gasteiger partial charge in [-0.25, -0.2) is 9.68 Å². The molecule has 1 aromatic rings. The van der Waals surface area contributed by atoms with Crippen LogP contribution in [0.2, 0.25) is 30.7 Å². The van der Waals surface area contributed by atoms with Gasteiger partial charge in [0, 0.05) is 12.3 Å². The molecule has 0 aromatic carbocycles. The molecule has 0 unspecified atom stereocenters. The van der Waals surface area contributed by atoms with Gasteiger partial charge in [-0.2, -0.15) is 0 Å². The van der Waals surface area contributed by atoms with Crippen molar-refractivity contribution in [2.24, 2.45) is 5.92 Å². The minimum Gasteiger partial charge on any atom is -0.385 e. The smallest absolute Gasteiger partial charge is 0.380 e. The number of fused-ring (bicyclic) bond motifs is 1. The Bertz CT molecular complexity index is 931. The second kappa shape index (κ2) is 8.57. The molecule has 8 nitrogen and oxygen atoms in total. The first-order valence-electron chi connectivity index (χ1n) is 10.4. The van der Waals surface area contributed by atoms with E-state index in [0.29, 0.717) is 0 Å². The summed E-state index contributed by atoms with van der Waals surface area (Å²) in [6.07, 6.45) is -0.0492. The summed E-state index contributed by atoms with van der Waals surface area (Å²) in [5.74, 6) is 2.99. The van der Waals surface area contributed by atoms with Gasteiger partial charge >= 0.3 is 14.3 Å². The summed E-state index contributed by atoms with van der Waals surface area (Å²) < 4.78 is 20.3. The standard InChI is InChI=1S/C20H32N2O6Si2/c1-13(2)30(14(3)4)27-18-15(9-11-29(5,6)7)19(26-16(18)12-25-28-30)22-10-8-17(23)21-20(22)24/h8,10,13-16,18-19H,12H2,1-7H3,(H,21,23,24)/t15-,16+,18-,19+/m0/s1. The fourth-order valence-corrected chi connectivity index (χ4v) is 7.77. The molecule has 1 N–H and O–H groups in total. The number of aromatic amines is 1. The molecule has 0 aliphatic carbocycles. The van der Waals surface area contributed by atoms with E-state index in [-0.39, 0.29) is 23.6 Å². The number of nitrogens with zero attached hydrogens (tertiary/aromatic N) is 1. The van der Waals surface area contributed by atoms with E-state index in [2.05, 4.69) is 63.8 Å². The van der Waals surface area contributed by atoms with E-state index in [9.17, 15) is 9.59 Å². The Hall–Kier alpha value is -1.49. The topological polar surface area (TPSA) is 91.8 Å². The van der Waals surface area contributed by atoms with Crippen LogP contribution in [-0.4, -0.2) is 45.0 Å². The lowest BCUT2D eigenvalue weighted by molar-refractivity contribution is -0.241. The highest BCUT2D eigenvalue weighted by Gasteiger charge is 2.57. The van der Waals surface area contributed by atoms with Crippen molar-refractivity contribution in [3.63, 3.8) is 0 Å². The monoisotopic (exact) mass is 452 g/mol. The van der Waals surface area contributed by atoms with Crippen LogP contribution in [0.3, 0.4) is 0 Å². The highest BCUT2D eigenvalue weighted by atomic mass is 28.4. The van der Waals surface area contributed by atoms with Crippen molar-refractivity contribution >= 4 is 16.6 Å². The van der Waals surface area contributed by atoms with Gasteiger partial charge in [0.15, 0.2) is 6.23 Å². The molecule has 2 saturated heterocycles. The Kier molecular flexibility index (Phi) is 6.62. The van der Waals surface area contributed by atoms with Gasteiger partial charge in [-0.15, -0.1) is 5.54 Å². The number of aromatic nitrogens is 2. The first-order valence-corrected chi connectivity index (χ1v) is 15.9. The Morgan fingerprint density at radius 3 is 2.43 bits per heavy atom. The second-order valence-corrected chi connectivity index (χ2v) is 18.5. The lowest BCUT2D eigenvalue weighted by Gasteiger charge is -2.37. The van der Waals surface area contributed by atoms with E-state index < -0.39 is 46.3 Å². The third-order valence-electron chi connectivity index (χ3n) is 5.43. The maximum Gasteiger partial charge on any atom is 0.380 e. The van der Waals surface area contributed by atoms with Gasteiger partial charge in [0.1, 0.15) is 20.8 Å². The molecule has 1 aromatic heterocycles. The highest BCUT2D eigenvalue weighted by Crippen LogP contribution is 2.44. The second-order valence-electron chi connectivity index (χ2n) is 9.61. The first-order chi connectivity index (χ1) is 13.9. The van der Waals surface area contributed by atoms with Crippen molar-refractivity contribution in [1.82, 2.24) is 9.55 Å². The van der Waals surface area contributed by atoms with E-state index in [1.807, 2.05) is 0 Å². The molecule has 0 spiro atoms. The summed E-state index contributed by atoms with van der Waals surface area (Å²) in [7, 11) is -4.44. The Morgan fingerprint density at radius 2 is 1.87 bits per heavy atom. The predicted octanol–water partition coefficient (Wildman–Crippen LogP) is 2.54. The summed E-state index contributed by atoms with van der Waals surface area (Å²) in [5.41, 5.74) is 2.73. The normalized spacial score (nSPS) is 28.7. The van der Waals surface area contributed by atoms with Crippen LogP contribution in [0.25, 0.3) is 0 Å². The molecule has 2 aliphatic heterocycles. The third-order valence-corrected chi connectivity index (χ3v) is 10.6. The number of nitrogens with one attached hydrogen (secondary N) is 1. The maximum absolute atomic E-state index is 12.5. The van der Waals surface area contributed by atoms with Crippen LogP contribution < -0.4 is 11.2 Å². The summed E-state index contributed by atoms with van der Waals surface area (Å²) >= 11 is 0. The van der Waals surface area contributed by atoms with Gasteiger partial charge < -0.3 is 9.16 Å². The van der Waals surface area contributed by atoms with Crippen molar-refractivity contribution in [2.75, 3.05) is 6.61 Å². The molecule has 0 amide bonds. The van der Waals surface area contributed by atoms with Crippen molar-refractivity contribution in [1.29, 1.82) is 0 Å². The van der Waals surface area contributed by atoms with Crippen molar-refractivity contribution in [3.8, 4) is 11.5 Å². The molecular weight excluding hydrogens is 420 g/mol. The zero-order valence-corrected chi connectivity index (χ0v) is 20.7.